The van der Waals surface area contributed by atoms with Crippen molar-refractivity contribution in [3.05, 3.63) is 35.4 Å². The first kappa shape index (κ1) is 17.0. The summed E-state index contributed by atoms with van der Waals surface area (Å²) in [5.41, 5.74) is 6.16. The fraction of sp³-hybridized carbons (Fsp3) is 0.600. The molecular formula is C15H23F3N2. The maximum absolute atomic E-state index is 12.5. The third-order valence-electron chi connectivity index (χ3n) is 3.61. The lowest BCUT2D eigenvalue weighted by molar-refractivity contribution is -0.137. The summed E-state index contributed by atoms with van der Waals surface area (Å²) in [4.78, 5) is 2.14. The minimum Gasteiger partial charge on any atom is -0.323 e. The predicted molar refractivity (Wildman–Crippen MR) is 75.4 cm³/mol. The Morgan fingerprint density at radius 2 is 1.75 bits per heavy atom. The van der Waals surface area contributed by atoms with Crippen molar-refractivity contribution in [2.75, 3.05) is 13.6 Å². The zero-order chi connectivity index (χ0) is 15.3. The molecule has 0 bridgehead atoms. The lowest BCUT2D eigenvalue weighted by Gasteiger charge is -2.27. The van der Waals surface area contributed by atoms with Crippen molar-refractivity contribution in [2.24, 2.45) is 5.73 Å². The van der Waals surface area contributed by atoms with Crippen molar-refractivity contribution in [3.8, 4) is 0 Å². The van der Waals surface area contributed by atoms with Gasteiger partial charge in [-0.3, -0.25) is 0 Å². The van der Waals surface area contributed by atoms with Crippen LogP contribution in [0.1, 0.15) is 43.9 Å². The number of halogens is 3. The van der Waals surface area contributed by atoms with Crippen LogP contribution in [0.3, 0.4) is 0 Å². The molecule has 2 atom stereocenters. The van der Waals surface area contributed by atoms with Gasteiger partial charge in [0.25, 0.3) is 0 Å². The van der Waals surface area contributed by atoms with Crippen LogP contribution < -0.4 is 5.73 Å². The molecule has 1 aromatic rings. The summed E-state index contributed by atoms with van der Waals surface area (Å²) in [6.07, 6.45) is -2.12. The van der Waals surface area contributed by atoms with Gasteiger partial charge in [-0.25, -0.2) is 0 Å². The van der Waals surface area contributed by atoms with E-state index in [9.17, 15) is 13.2 Å². The molecule has 0 aliphatic carbocycles. The van der Waals surface area contributed by atoms with Crippen LogP contribution in [0, 0.1) is 0 Å². The summed E-state index contributed by atoms with van der Waals surface area (Å²) in [5, 5.41) is 0. The molecule has 2 nitrogen and oxygen atoms in total. The molecule has 0 saturated carbocycles. The van der Waals surface area contributed by atoms with E-state index in [1.54, 1.807) is 0 Å². The van der Waals surface area contributed by atoms with Gasteiger partial charge < -0.3 is 10.6 Å². The largest absolute Gasteiger partial charge is 0.416 e. The molecule has 0 aliphatic rings. The van der Waals surface area contributed by atoms with Gasteiger partial charge in [0.2, 0.25) is 0 Å². The summed E-state index contributed by atoms with van der Waals surface area (Å²) in [5.74, 6) is 0. The summed E-state index contributed by atoms with van der Waals surface area (Å²) in [6, 6.07) is 5.24. The first-order valence-corrected chi connectivity index (χ1v) is 6.88. The summed E-state index contributed by atoms with van der Waals surface area (Å²) in [7, 11) is 1.99. The molecule has 20 heavy (non-hydrogen) atoms. The number of nitrogens with two attached hydrogens (primary N) is 1. The second-order valence-electron chi connectivity index (χ2n) is 5.30. The van der Waals surface area contributed by atoms with Crippen molar-refractivity contribution in [2.45, 2.75) is 44.9 Å². The molecule has 1 aromatic carbocycles. The summed E-state index contributed by atoms with van der Waals surface area (Å²) >= 11 is 0. The molecule has 0 fully saturated rings. The number of nitrogens with zero attached hydrogens (tertiary/aromatic N) is 1. The van der Waals surface area contributed by atoms with E-state index in [0.717, 1.165) is 30.5 Å². The van der Waals surface area contributed by atoms with Crippen LogP contribution in [0.15, 0.2) is 24.3 Å². The molecule has 0 aromatic heterocycles. The number of rotatable bonds is 6. The van der Waals surface area contributed by atoms with Gasteiger partial charge in [0.1, 0.15) is 0 Å². The minimum absolute atomic E-state index is 0.276. The fourth-order valence-corrected chi connectivity index (χ4v) is 2.15. The monoisotopic (exact) mass is 288 g/mol. The summed E-state index contributed by atoms with van der Waals surface area (Å²) < 4.78 is 37.4. The van der Waals surface area contributed by atoms with Gasteiger partial charge in [0.15, 0.2) is 0 Å². The standard InChI is InChI=1S/C15H23F3N2/c1-4-5-11(2)20(3)10-14(19)12-6-8-13(9-7-12)15(16,17)18/h6-9,11,14H,4-5,10,19H2,1-3H3. The third kappa shape index (κ3) is 4.80. The quantitative estimate of drug-likeness (QED) is 0.862. The highest BCUT2D eigenvalue weighted by molar-refractivity contribution is 5.26. The van der Waals surface area contributed by atoms with Crippen LogP contribution in [0.5, 0.6) is 0 Å². The number of likely N-dealkylation sites (N-methyl/N-ethyl adjacent to an activating group) is 1. The highest BCUT2D eigenvalue weighted by Crippen LogP contribution is 2.29. The van der Waals surface area contributed by atoms with Crippen LogP contribution in [0.4, 0.5) is 13.2 Å². The molecule has 0 saturated heterocycles. The minimum atomic E-state index is -4.30. The van der Waals surface area contributed by atoms with Crippen LogP contribution >= 0.6 is 0 Å². The van der Waals surface area contributed by atoms with Crippen LogP contribution in [-0.4, -0.2) is 24.5 Å². The lowest BCUT2D eigenvalue weighted by atomic mass is 10.0. The zero-order valence-electron chi connectivity index (χ0n) is 12.2. The first-order chi connectivity index (χ1) is 9.25. The first-order valence-electron chi connectivity index (χ1n) is 6.88. The Morgan fingerprint density at radius 3 is 2.20 bits per heavy atom. The van der Waals surface area contributed by atoms with Crippen molar-refractivity contribution < 1.29 is 13.2 Å². The zero-order valence-corrected chi connectivity index (χ0v) is 12.2. The molecule has 5 heteroatoms. The molecule has 2 unspecified atom stereocenters. The number of benzene rings is 1. The van der Waals surface area contributed by atoms with Gasteiger partial charge in [-0.05, 0) is 38.1 Å². The second kappa shape index (κ2) is 7.09. The average Bonchev–Trinajstić information content (AvgIpc) is 2.38. The Kier molecular flexibility index (Phi) is 6.02. The van der Waals surface area contributed by atoms with E-state index >= 15 is 0 Å². The topological polar surface area (TPSA) is 29.3 Å². The SMILES string of the molecule is CCCC(C)N(C)CC(N)c1ccc(C(F)(F)F)cc1. The van der Waals surface area contributed by atoms with Crippen molar-refractivity contribution >= 4 is 0 Å². The Bertz CT molecular complexity index is 401. The molecule has 1 rings (SSSR count). The van der Waals surface area contributed by atoms with Crippen LogP contribution in [0.2, 0.25) is 0 Å². The predicted octanol–water partition coefficient (Wildman–Crippen LogP) is 3.83. The molecule has 0 radical (unpaired) electrons. The van der Waals surface area contributed by atoms with Gasteiger partial charge in [-0.15, -0.1) is 0 Å². The molecular weight excluding hydrogens is 265 g/mol. The van der Waals surface area contributed by atoms with Gasteiger partial charge in [-0.2, -0.15) is 13.2 Å². The Balaban J connectivity index is 2.66. The van der Waals surface area contributed by atoms with Crippen molar-refractivity contribution in [1.82, 2.24) is 4.90 Å². The normalized spacial score (nSPS) is 15.4. The van der Waals surface area contributed by atoms with Gasteiger partial charge >= 0.3 is 6.18 Å². The molecule has 2 N–H and O–H groups in total. The van der Waals surface area contributed by atoms with Crippen molar-refractivity contribution in [3.63, 3.8) is 0 Å². The molecule has 0 spiro atoms. The van der Waals surface area contributed by atoms with Gasteiger partial charge in [0.05, 0.1) is 5.56 Å². The Morgan fingerprint density at radius 1 is 1.20 bits per heavy atom. The van der Waals surface area contributed by atoms with Gasteiger partial charge in [-0.1, -0.05) is 25.5 Å². The highest BCUT2D eigenvalue weighted by Gasteiger charge is 2.30. The van der Waals surface area contributed by atoms with Crippen LogP contribution in [-0.2, 0) is 6.18 Å². The molecule has 0 aliphatic heterocycles. The number of hydrogen-bond donors (Lipinski definition) is 1. The summed E-state index contributed by atoms with van der Waals surface area (Å²) in [6.45, 7) is 4.88. The Labute approximate surface area is 118 Å². The molecule has 0 amide bonds. The molecule has 114 valence electrons. The second-order valence-corrected chi connectivity index (χ2v) is 5.30. The van der Waals surface area contributed by atoms with E-state index < -0.39 is 11.7 Å². The van der Waals surface area contributed by atoms with E-state index in [4.69, 9.17) is 5.73 Å². The maximum atomic E-state index is 12.5. The maximum Gasteiger partial charge on any atom is 0.416 e. The van der Waals surface area contributed by atoms with E-state index in [1.807, 2.05) is 7.05 Å². The van der Waals surface area contributed by atoms with Gasteiger partial charge in [0, 0.05) is 18.6 Å². The molecule has 0 heterocycles. The van der Waals surface area contributed by atoms with E-state index in [1.165, 1.54) is 12.1 Å². The number of hydrogen-bond acceptors (Lipinski definition) is 2. The lowest BCUT2D eigenvalue weighted by Crippen LogP contribution is -2.35. The van der Waals surface area contributed by atoms with E-state index in [0.29, 0.717) is 12.6 Å². The van der Waals surface area contributed by atoms with Crippen LogP contribution in [0.25, 0.3) is 0 Å². The average molecular weight is 288 g/mol. The number of alkyl halides is 3. The smallest absolute Gasteiger partial charge is 0.323 e. The van der Waals surface area contributed by atoms with E-state index in [2.05, 4.69) is 18.7 Å². The fourth-order valence-electron chi connectivity index (χ4n) is 2.15. The third-order valence-corrected chi connectivity index (χ3v) is 3.61. The Hall–Kier alpha value is -1.07. The highest BCUT2D eigenvalue weighted by atomic mass is 19.4. The van der Waals surface area contributed by atoms with E-state index in [-0.39, 0.29) is 6.04 Å². The van der Waals surface area contributed by atoms with Crippen molar-refractivity contribution in [1.29, 1.82) is 0 Å².